The number of amides is 2. The highest BCUT2D eigenvalue weighted by Crippen LogP contribution is 2.18. The molecular formula is C33H49F2N3O6S. The molecule has 0 fully saturated rings. The standard InChI is InChI=1S/C33H49F2N3O6S/c1-5-10-28(11-6-2)45(42,43)22-30(38-33(41)44-21-24-12-8-7-9-13-24)32(40)37-29(31(39)20-36-15-14-23(3)4)18-25-16-26(34)19-27(35)17-25/h7-9,12-13,16-17,19,23,28-31,36,39H,5-6,10-11,14-15,18,20-22H2,1-4H3,(H,37,40)(H,38,41)/t29-,30?,31+/m0/s1. The molecule has 2 rings (SSSR count). The Labute approximate surface area is 266 Å². The van der Waals surface area contributed by atoms with Crippen LogP contribution < -0.4 is 16.0 Å². The summed E-state index contributed by atoms with van der Waals surface area (Å²) in [6, 6.07) is 9.14. The molecule has 0 heterocycles. The number of alkyl carbamates (subject to hydrolysis) is 1. The lowest BCUT2D eigenvalue weighted by Crippen LogP contribution is -2.57. The Morgan fingerprint density at radius 1 is 0.911 bits per heavy atom. The van der Waals surface area contributed by atoms with Gasteiger partial charge in [0, 0.05) is 12.6 Å². The summed E-state index contributed by atoms with van der Waals surface area (Å²) in [5, 5.41) is 18.5. The van der Waals surface area contributed by atoms with Gasteiger partial charge in [-0.3, -0.25) is 4.79 Å². The summed E-state index contributed by atoms with van der Waals surface area (Å²) in [6.07, 6.45) is 0.531. The third kappa shape index (κ3) is 14.3. The molecular weight excluding hydrogens is 604 g/mol. The molecule has 0 aliphatic carbocycles. The van der Waals surface area contributed by atoms with Gasteiger partial charge >= 0.3 is 6.09 Å². The van der Waals surface area contributed by atoms with Crippen LogP contribution in [0.2, 0.25) is 0 Å². The van der Waals surface area contributed by atoms with Crippen molar-refractivity contribution in [1.29, 1.82) is 0 Å². The number of ether oxygens (including phenoxy) is 1. The maximum Gasteiger partial charge on any atom is 0.408 e. The summed E-state index contributed by atoms with van der Waals surface area (Å²) in [5.41, 5.74) is 0.882. The number of hydrogen-bond acceptors (Lipinski definition) is 7. The van der Waals surface area contributed by atoms with Crippen LogP contribution >= 0.6 is 0 Å². The van der Waals surface area contributed by atoms with Crippen molar-refractivity contribution in [3.8, 4) is 0 Å². The van der Waals surface area contributed by atoms with E-state index < -0.39 is 62.7 Å². The first-order valence-electron chi connectivity index (χ1n) is 15.7. The van der Waals surface area contributed by atoms with Crippen molar-refractivity contribution in [3.63, 3.8) is 0 Å². The lowest BCUT2D eigenvalue weighted by molar-refractivity contribution is -0.124. The van der Waals surface area contributed by atoms with Crippen molar-refractivity contribution >= 4 is 21.8 Å². The van der Waals surface area contributed by atoms with Crippen LogP contribution in [0.1, 0.15) is 70.9 Å². The van der Waals surface area contributed by atoms with Crippen molar-refractivity contribution in [1.82, 2.24) is 16.0 Å². The predicted molar refractivity (Wildman–Crippen MR) is 171 cm³/mol. The number of hydrogen-bond donors (Lipinski definition) is 4. The van der Waals surface area contributed by atoms with Crippen molar-refractivity contribution in [2.45, 2.75) is 96.3 Å². The zero-order valence-electron chi connectivity index (χ0n) is 26.7. The quantitative estimate of drug-likeness (QED) is 0.153. The highest BCUT2D eigenvalue weighted by Gasteiger charge is 2.34. The van der Waals surface area contributed by atoms with Crippen molar-refractivity contribution in [3.05, 3.63) is 71.3 Å². The normalized spacial score (nSPS) is 13.8. The van der Waals surface area contributed by atoms with Crippen LogP contribution in [0.15, 0.2) is 48.5 Å². The maximum atomic E-state index is 14.0. The number of rotatable bonds is 20. The molecule has 0 bridgehead atoms. The second-order valence-corrected chi connectivity index (χ2v) is 14.2. The Balaban J connectivity index is 2.32. The SMILES string of the molecule is CCCC(CCC)S(=O)(=O)CC(NC(=O)OCc1ccccc1)C(=O)N[C@@H](Cc1cc(F)cc(F)c1)[C@H](O)CNCCC(C)C. The zero-order valence-corrected chi connectivity index (χ0v) is 27.5. The minimum absolute atomic E-state index is 0.0556. The summed E-state index contributed by atoms with van der Waals surface area (Å²) in [4.78, 5) is 26.5. The first-order valence-corrected chi connectivity index (χ1v) is 17.4. The fourth-order valence-corrected chi connectivity index (χ4v) is 7.10. The van der Waals surface area contributed by atoms with Crippen LogP contribution in [0, 0.1) is 17.6 Å². The van der Waals surface area contributed by atoms with Crippen LogP contribution in [-0.4, -0.2) is 67.8 Å². The molecule has 0 aliphatic rings. The minimum Gasteiger partial charge on any atom is -0.445 e. The van der Waals surface area contributed by atoms with Crippen molar-refractivity contribution in [2.24, 2.45) is 5.92 Å². The number of carbonyl (C=O) groups is 2. The molecule has 1 unspecified atom stereocenters. The van der Waals surface area contributed by atoms with Gasteiger partial charge in [-0.1, -0.05) is 70.9 Å². The third-order valence-corrected chi connectivity index (χ3v) is 9.66. The largest absolute Gasteiger partial charge is 0.445 e. The zero-order chi connectivity index (χ0) is 33.4. The summed E-state index contributed by atoms with van der Waals surface area (Å²) in [5.74, 6) is -2.77. The average Bonchev–Trinajstić information content (AvgIpc) is 2.97. The number of aliphatic hydroxyl groups is 1. The van der Waals surface area contributed by atoms with E-state index in [0.717, 1.165) is 24.6 Å². The second-order valence-electron chi connectivity index (χ2n) is 11.8. The molecule has 2 aromatic rings. The van der Waals surface area contributed by atoms with E-state index in [0.29, 0.717) is 43.7 Å². The minimum atomic E-state index is -3.86. The Morgan fingerprint density at radius 3 is 2.11 bits per heavy atom. The van der Waals surface area contributed by atoms with E-state index in [2.05, 4.69) is 29.8 Å². The summed E-state index contributed by atoms with van der Waals surface area (Å²) >= 11 is 0. The monoisotopic (exact) mass is 653 g/mol. The summed E-state index contributed by atoms with van der Waals surface area (Å²) < 4.78 is 60.2. The molecule has 3 atom stereocenters. The average molecular weight is 654 g/mol. The predicted octanol–water partition coefficient (Wildman–Crippen LogP) is 4.67. The fraction of sp³-hybridized carbons (Fsp3) is 0.576. The lowest BCUT2D eigenvalue weighted by atomic mass is 10.00. The van der Waals surface area contributed by atoms with E-state index in [1.165, 1.54) is 0 Å². The molecule has 4 N–H and O–H groups in total. The number of aliphatic hydroxyl groups excluding tert-OH is 1. The van der Waals surface area contributed by atoms with E-state index in [1.54, 1.807) is 30.3 Å². The van der Waals surface area contributed by atoms with E-state index in [1.807, 2.05) is 13.8 Å². The molecule has 0 spiro atoms. The van der Waals surface area contributed by atoms with Gasteiger partial charge in [-0.2, -0.15) is 0 Å². The highest BCUT2D eigenvalue weighted by molar-refractivity contribution is 7.92. The summed E-state index contributed by atoms with van der Waals surface area (Å²) in [6.45, 7) is 8.40. The van der Waals surface area contributed by atoms with Gasteiger partial charge in [0.2, 0.25) is 5.91 Å². The van der Waals surface area contributed by atoms with Crippen molar-refractivity contribution in [2.75, 3.05) is 18.8 Å². The second kappa shape index (κ2) is 19.4. The van der Waals surface area contributed by atoms with Gasteiger partial charge in [0.25, 0.3) is 0 Å². The number of nitrogens with one attached hydrogen (secondary N) is 3. The third-order valence-electron chi connectivity index (χ3n) is 7.37. The molecule has 45 heavy (non-hydrogen) atoms. The van der Waals surface area contributed by atoms with Gasteiger partial charge in [-0.25, -0.2) is 22.0 Å². The van der Waals surface area contributed by atoms with Crippen molar-refractivity contribution < 1.29 is 36.6 Å². The Morgan fingerprint density at radius 2 is 1.53 bits per heavy atom. The first kappa shape index (κ1) is 38.1. The molecule has 9 nitrogen and oxygen atoms in total. The molecule has 0 saturated carbocycles. The highest BCUT2D eigenvalue weighted by atomic mass is 32.2. The van der Waals surface area contributed by atoms with Crippen LogP contribution in [0.25, 0.3) is 0 Å². The van der Waals surface area contributed by atoms with Gasteiger partial charge in [0.1, 0.15) is 24.3 Å². The summed E-state index contributed by atoms with van der Waals surface area (Å²) in [7, 11) is -3.86. The van der Waals surface area contributed by atoms with Crippen LogP contribution in [0.5, 0.6) is 0 Å². The van der Waals surface area contributed by atoms with E-state index >= 15 is 0 Å². The topological polar surface area (TPSA) is 134 Å². The van der Waals surface area contributed by atoms with Crippen LogP contribution in [0.4, 0.5) is 13.6 Å². The molecule has 2 aromatic carbocycles. The molecule has 0 saturated heterocycles. The Hall–Kier alpha value is -3.09. The van der Waals surface area contributed by atoms with E-state index in [4.69, 9.17) is 4.74 Å². The van der Waals surface area contributed by atoms with Gasteiger partial charge < -0.3 is 25.8 Å². The van der Waals surface area contributed by atoms with Gasteiger partial charge in [-0.05, 0) is 61.4 Å². The molecule has 0 aromatic heterocycles. The van der Waals surface area contributed by atoms with Crippen LogP contribution in [-0.2, 0) is 32.4 Å². The number of carbonyl (C=O) groups excluding carboxylic acids is 2. The first-order chi connectivity index (χ1) is 21.3. The fourth-order valence-electron chi connectivity index (χ4n) is 4.94. The molecule has 252 valence electrons. The van der Waals surface area contributed by atoms with Gasteiger partial charge in [0.05, 0.1) is 23.1 Å². The maximum absolute atomic E-state index is 14.0. The lowest BCUT2D eigenvalue weighted by Gasteiger charge is -2.28. The number of sulfone groups is 1. The Kier molecular flexibility index (Phi) is 16.4. The Bertz CT molecular complexity index is 1270. The molecule has 12 heteroatoms. The molecule has 0 radical (unpaired) electrons. The van der Waals surface area contributed by atoms with Crippen LogP contribution in [0.3, 0.4) is 0 Å². The van der Waals surface area contributed by atoms with E-state index in [9.17, 15) is 31.9 Å². The van der Waals surface area contributed by atoms with Gasteiger partial charge in [0.15, 0.2) is 9.84 Å². The number of benzene rings is 2. The smallest absolute Gasteiger partial charge is 0.408 e. The number of halogens is 2. The molecule has 2 amide bonds. The molecule has 0 aliphatic heterocycles. The van der Waals surface area contributed by atoms with E-state index in [-0.39, 0.29) is 25.1 Å². The van der Waals surface area contributed by atoms with Gasteiger partial charge in [-0.15, -0.1) is 0 Å².